The van der Waals surface area contributed by atoms with E-state index in [1.165, 1.54) is 19.3 Å². The maximum absolute atomic E-state index is 8.89. The summed E-state index contributed by atoms with van der Waals surface area (Å²) in [7, 11) is 2.07. The molecule has 0 bridgehead atoms. The van der Waals surface area contributed by atoms with Gasteiger partial charge in [0.1, 0.15) is 0 Å². The van der Waals surface area contributed by atoms with Gasteiger partial charge in [-0.15, -0.1) is 0 Å². The summed E-state index contributed by atoms with van der Waals surface area (Å²) in [5.41, 5.74) is 1.80. The molecule has 1 aromatic carbocycles. The second-order valence-electron chi connectivity index (χ2n) is 3.94. The number of benzene rings is 1. The zero-order valence-corrected chi connectivity index (χ0v) is 11.4. The molecule has 16 heavy (non-hydrogen) atoms. The molecule has 0 aliphatic carbocycles. The number of nitrogens with zero attached hydrogens (tertiary/aromatic N) is 2. The highest BCUT2D eigenvalue weighted by molar-refractivity contribution is 9.10. The van der Waals surface area contributed by atoms with E-state index in [9.17, 15) is 0 Å². The van der Waals surface area contributed by atoms with Crippen LogP contribution < -0.4 is 4.90 Å². The normalized spacial score (nSPS) is 9.88. The summed E-state index contributed by atoms with van der Waals surface area (Å²) < 4.78 is 0.962. The van der Waals surface area contributed by atoms with E-state index in [1.807, 2.05) is 18.2 Å². The molecule has 0 aliphatic heterocycles. The second kappa shape index (κ2) is 6.55. The molecular weight excluding hydrogens is 264 g/mol. The van der Waals surface area contributed by atoms with E-state index in [0.29, 0.717) is 5.56 Å². The first-order valence-corrected chi connectivity index (χ1v) is 6.38. The Kier molecular flexibility index (Phi) is 5.34. The third kappa shape index (κ3) is 3.86. The minimum atomic E-state index is 0.701. The van der Waals surface area contributed by atoms with Crippen molar-refractivity contribution in [2.24, 2.45) is 0 Å². The molecule has 0 saturated heterocycles. The average Bonchev–Trinajstić information content (AvgIpc) is 2.28. The Hall–Kier alpha value is -1.01. The van der Waals surface area contributed by atoms with Gasteiger partial charge in [0.25, 0.3) is 0 Å². The molecule has 0 aliphatic rings. The van der Waals surface area contributed by atoms with E-state index in [2.05, 4.69) is 40.9 Å². The van der Waals surface area contributed by atoms with Gasteiger partial charge in [-0.1, -0.05) is 35.7 Å². The van der Waals surface area contributed by atoms with Gasteiger partial charge in [-0.2, -0.15) is 5.26 Å². The third-order valence-corrected chi connectivity index (χ3v) is 3.01. The van der Waals surface area contributed by atoms with Crippen molar-refractivity contribution < 1.29 is 0 Å². The first-order valence-electron chi connectivity index (χ1n) is 5.59. The van der Waals surface area contributed by atoms with Gasteiger partial charge in [-0.25, -0.2) is 0 Å². The fourth-order valence-corrected chi connectivity index (χ4v) is 2.07. The highest BCUT2D eigenvalue weighted by atomic mass is 79.9. The van der Waals surface area contributed by atoms with Crippen molar-refractivity contribution >= 4 is 21.6 Å². The Morgan fingerprint density at radius 1 is 1.31 bits per heavy atom. The number of hydrogen-bond acceptors (Lipinski definition) is 2. The van der Waals surface area contributed by atoms with E-state index < -0.39 is 0 Å². The van der Waals surface area contributed by atoms with E-state index in [4.69, 9.17) is 5.26 Å². The lowest BCUT2D eigenvalue weighted by Gasteiger charge is -2.19. The smallest absolute Gasteiger partial charge is 0.0992 e. The second-order valence-corrected chi connectivity index (χ2v) is 4.85. The van der Waals surface area contributed by atoms with E-state index in [-0.39, 0.29) is 0 Å². The lowest BCUT2D eigenvalue weighted by molar-refractivity contribution is 0.705. The third-order valence-electron chi connectivity index (χ3n) is 2.55. The molecule has 0 aromatic heterocycles. The topological polar surface area (TPSA) is 27.0 Å². The first kappa shape index (κ1) is 13.1. The molecule has 86 valence electrons. The summed E-state index contributed by atoms with van der Waals surface area (Å²) in [4.78, 5) is 2.20. The monoisotopic (exact) mass is 280 g/mol. The maximum atomic E-state index is 8.89. The Bertz CT molecular complexity index is 382. The number of anilines is 1. The van der Waals surface area contributed by atoms with Crippen LogP contribution in [-0.4, -0.2) is 13.6 Å². The Morgan fingerprint density at radius 3 is 2.69 bits per heavy atom. The van der Waals surface area contributed by atoms with Crippen molar-refractivity contribution in [2.75, 3.05) is 18.5 Å². The van der Waals surface area contributed by atoms with Crippen molar-refractivity contribution in [1.82, 2.24) is 0 Å². The van der Waals surface area contributed by atoms with Crippen molar-refractivity contribution in [3.05, 3.63) is 28.2 Å². The summed E-state index contributed by atoms with van der Waals surface area (Å²) in [6, 6.07) is 7.99. The zero-order chi connectivity index (χ0) is 12.0. The van der Waals surface area contributed by atoms with Crippen LogP contribution >= 0.6 is 15.9 Å². The largest absolute Gasteiger partial charge is 0.375 e. The highest BCUT2D eigenvalue weighted by Gasteiger charge is 2.03. The van der Waals surface area contributed by atoms with E-state index >= 15 is 0 Å². The molecule has 0 spiro atoms. The minimum absolute atomic E-state index is 0.701. The van der Waals surface area contributed by atoms with Crippen LogP contribution in [0.2, 0.25) is 0 Å². The molecular formula is C13H17BrN2. The SMILES string of the molecule is CCCCCN(C)c1cc(Br)cc(C#N)c1. The van der Waals surface area contributed by atoms with Crippen LogP contribution in [0.4, 0.5) is 5.69 Å². The van der Waals surface area contributed by atoms with Crippen molar-refractivity contribution in [3.63, 3.8) is 0 Å². The van der Waals surface area contributed by atoms with Gasteiger partial charge in [-0.05, 0) is 24.6 Å². The van der Waals surface area contributed by atoms with Crippen LogP contribution in [0.1, 0.15) is 31.7 Å². The van der Waals surface area contributed by atoms with Gasteiger partial charge in [-0.3, -0.25) is 0 Å². The van der Waals surface area contributed by atoms with Crippen LogP contribution in [0.25, 0.3) is 0 Å². The van der Waals surface area contributed by atoms with Crippen molar-refractivity contribution in [1.29, 1.82) is 5.26 Å². The van der Waals surface area contributed by atoms with Gasteiger partial charge in [0, 0.05) is 23.8 Å². The van der Waals surface area contributed by atoms with Crippen LogP contribution in [0.3, 0.4) is 0 Å². The van der Waals surface area contributed by atoms with Gasteiger partial charge < -0.3 is 4.90 Å². The predicted octanol–water partition coefficient (Wildman–Crippen LogP) is 3.95. The van der Waals surface area contributed by atoms with Gasteiger partial charge in [0.2, 0.25) is 0 Å². The summed E-state index contributed by atoms with van der Waals surface area (Å²) in [5, 5.41) is 8.89. The molecule has 0 amide bonds. The van der Waals surface area contributed by atoms with Crippen molar-refractivity contribution in [2.45, 2.75) is 26.2 Å². The highest BCUT2D eigenvalue weighted by Crippen LogP contribution is 2.22. The molecule has 1 aromatic rings. The Labute approximate surface area is 106 Å². The molecule has 0 saturated carbocycles. The number of unbranched alkanes of at least 4 members (excludes halogenated alkanes) is 2. The van der Waals surface area contributed by atoms with Crippen molar-refractivity contribution in [3.8, 4) is 6.07 Å². The fourth-order valence-electron chi connectivity index (χ4n) is 1.59. The molecule has 3 heteroatoms. The number of halogens is 1. The summed E-state index contributed by atoms with van der Waals surface area (Å²) >= 11 is 3.43. The van der Waals surface area contributed by atoms with Crippen LogP contribution in [0.5, 0.6) is 0 Å². The van der Waals surface area contributed by atoms with Crippen LogP contribution in [-0.2, 0) is 0 Å². The van der Waals surface area contributed by atoms with Gasteiger partial charge in [0.05, 0.1) is 11.6 Å². The lowest BCUT2D eigenvalue weighted by atomic mass is 10.2. The Balaban J connectivity index is 2.71. The summed E-state index contributed by atoms with van der Waals surface area (Å²) in [5.74, 6) is 0. The summed E-state index contributed by atoms with van der Waals surface area (Å²) in [6.45, 7) is 3.24. The average molecular weight is 281 g/mol. The molecule has 1 rings (SSSR count). The molecule has 0 fully saturated rings. The molecule has 0 radical (unpaired) electrons. The van der Waals surface area contributed by atoms with E-state index in [0.717, 1.165) is 16.7 Å². The van der Waals surface area contributed by atoms with Crippen LogP contribution in [0.15, 0.2) is 22.7 Å². The Morgan fingerprint density at radius 2 is 2.06 bits per heavy atom. The van der Waals surface area contributed by atoms with Gasteiger partial charge in [0.15, 0.2) is 0 Å². The molecule has 2 nitrogen and oxygen atoms in total. The van der Waals surface area contributed by atoms with Crippen LogP contribution in [0, 0.1) is 11.3 Å². The predicted molar refractivity (Wildman–Crippen MR) is 71.7 cm³/mol. The first-order chi connectivity index (χ1) is 7.67. The number of nitriles is 1. The number of hydrogen-bond donors (Lipinski definition) is 0. The standard InChI is InChI=1S/C13H17BrN2/c1-3-4-5-6-16(2)13-8-11(10-15)7-12(14)9-13/h7-9H,3-6H2,1-2H3. The molecule has 0 heterocycles. The quantitative estimate of drug-likeness (QED) is 0.764. The summed E-state index contributed by atoms with van der Waals surface area (Å²) in [6.07, 6.45) is 3.68. The fraction of sp³-hybridized carbons (Fsp3) is 0.462. The minimum Gasteiger partial charge on any atom is -0.375 e. The van der Waals surface area contributed by atoms with E-state index in [1.54, 1.807) is 0 Å². The number of rotatable bonds is 5. The zero-order valence-electron chi connectivity index (χ0n) is 9.83. The van der Waals surface area contributed by atoms with Gasteiger partial charge >= 0.3 is 0 Å². The molecule has 0 atom stereocenters. The molecule has 0 N–H and O–H groups in total. The maximum Gasteiger partial charge on any atom is 0.0992 e. The molecule has 0 unspecified atom stereocenters. The lowest BCUT2D eigenvalue weighted by Crippen LogP contribution is -2.18.